The molecule has 0 saturated heterocycles. The van der Waals surface area contributed by atoms with Gasteiger partial charge in [-0.25, -0.2) is 0 Å². The van der Waals surface area contributed by atoms with Crippen LogP contribution in [-0.2, 0) is 4.74 Å². The maximum atomic E-state index is 12.3. The average Bonchev–Trinajstić information content (AvgIpc) is 2.46. The van der Waals surface area contributed by atoms with E-state index in [2.05, 4.69) is 26.2 Å². The first kappa shape index (κ1) is 14.0. The number of fused-ring (bicyclic) bond motifs is 1. The number of nitrogens with zero attached hydrogens (tertiary/aromatic N) is 1. The highest BCUT2D eigenvalue weighted by Gasteiger charge is 2.15. The fourth-order valence-corrected chi connectivity index (χ4v) is 2.23. The third kappa shape index (κ3) is 3.30. The van der Waals surface area contributed by atoms with Gasteiger partial charge < -0.3 is 10.1 Å². The molecular weight excluding hydrogens is 308 g/mol. The third-order valence-electron chi connectivity index (χ3n) is 2.78. The van der Waals surface area contributed by atoms with Gasteiger partial charge in [-0.15, -0.1) is 0 Å². The number of alkyl halides is 1. The van der Waals surface area contributed by atoms with Gasteiger partial charge in [-0.2, -0.15) is 0 Å². The molecule has 0 aliphatic rings. The number of aromatic nitrogens is 1. The van der Waals surface area contributed by atoms with Crippen LogP contribution in [0.2, 0.25) is 0 Å². The minimum absolute atomic E-state index is 0.0710. The lowest BCUT2D eigenvalue weighted by Gasteiger charge is -2.15. The van der Waals surface area contributed by atoms with Gasteiger partial charge in [0.15, 0.2) is 0 Å². The molecule has 0 aliphatic carbocycles. The molecule has 1 aromatic carbocycles. The van der Waals surface area contributed by atoms with E-state index >= 15 is 0 Å². The van der Waals surface area contributed by atoms with Crippen LogP contribution in [0.25, 0.3) is 10.8 Å². The summed E-state index contributed by atoms with van der Waals surface area (Å²) in [5.41, 5.74) is 0.445. The van der Waals surface area contributed by atoms with Crippen molar-refractivity contribution in [1.29, 1.82) is 0 Å². The van der Waals surface area contributed by atoms with E-state index in [1.54, 1.807) is 13.3 Å². The number of rotatable bonds is 5. The van der Waals surface area contributed by atoms with Crippen molar-refractivity contribution >= 4 is 32.6 Å². The molecule has 100 valence electrons. The number of methoxy groups -OCH3 is 1. The van der Waals surface area contributed by atoms with E-state index in [1.165, 1.54) is 0 Å². The van der Waals surface area contributed by atoms with Gasteiger partial charge in [0.05, 0.1) is 12.6 Å². The van der Waals surface area contributed by atoms with E-state index in [0.717, 1.165) is 10.8 Å². The van der Waals surface area contributed by atoms with Gasteiger partial charge in [0, 0.05) is 24.0 Å². The third-order valence-corrected chi connectivity index (χ3v) is 3.56. The lowest BCUT2D eigenvalue weighted by atomic mass is 10.1. The number of carbonyl (C=O) groups is 1. The predicted octanol–water partition coefficient (Wildman–Crippen LogP) is 2.37. The summed E-state index contributed by atoms with van der Waals surface area (Å²) in [4.78, 5) is 16.4. The molecule has 2 rings (SSSR count). The number of amides is 1. The number of benzene rings is 1. The molecule has 1 aromatic heterocycles. The van der Waals surface area contributed by atoms with Crippen molar-refractivity contribution in [2.24, 2.45) is 0 Å². The van der Waals surface area contributed by atoms with E-state index in [0.29, 0.717) is 17.6 Å². The Balaban J connectivity index is 2.26. The smallest absolute Gasteiger partial charge is 0.270 e. The van der Waals surface area contributed by atoms with Crippen LogP contribution < -0.4 is 5.32 Å². The number of hydrogen-bond acceptors (Lipinski definition) is 3. The number of ether oxygens (including phenoxy) is 1. The summed E-state index contributed by atoms with van der Waals surface area (Å²) in [6.45, 7) is 0.460. The first-order valence-corrected chi connectivity index (χ1v) is 7.08. The van der Waals surface area contributed by atoms with Crippen molar-refractivity contribution in [2.45, 2.75) is 6.04 Å². The number of carbonyl (C=O) groups excluding carboxylic acids is 1. The SMILES string of the molecule is COCC(CBr)NC(=O)c1nccc2ccccc12. The highest BCUT2D eigenvalue weighted by atomic mass is 79.9. The second-order valence-electron chi connectivity index (χ2n) is 4.16. The minimum atomic E-state index is -0.182. The van der Waals surface area contributed by atoms with E-state index in [1.807, 2.05) is 30.3 Å². The summed E-state index contributed by atoms with van der Waals surface area (Å²) in [5, 5.41) is 5.40. The Morgan fingerprint density at radius 1 is 1.42 bits per heavy atom. The zero-order valence-electron chi connectivity index (χ0n) is 10.6. The van der Waals surface area contributed by atoms with Crippen LogP contribution in [0.4, 0.5) is 0 Å². The summed E-state index contributed by atoms with van der Waals surface area (Å²) in [7, 11) is 1.61. The van der Waals surface area contributed by atoms with Crippen molar-refractivity contribution < 1.29 is 9.53 Å². The number of hydrogen-bond donors (Lipinski definition) is 1. The molecule has 1 heterocycles. The van der Waals surface area contributed by atoms with Gasteiger partial charge in [0.1, 0.15) is 5.69 Å². The first-order chi connectivity index (χ1) is 9.26. The molecule has 19 heavy (non-hydrogen) atoms. The number of pyridine rings is 1. The molecule has 2 aromatic rings. The highest BCUT2D eigenvalue weighted by Crippen LogP contribution is 2.16. The van der Waals surface area contributed by atoms with Crippen molar-refractivity contribution in [2.75, 3.05) is 19.0 Å². The van der Waals surface area contributed by atoms with Crippen molar-refractivity contribution in [3.8, 4) is 0 Å². The molecule has 1 atom stereocenters. The Kier molecular flexibility index (Phi) is 4.87. The van der Waals surface area contributed by atoms with Gasteiger partial charge in [-0.05, 0) is 11.5 Å². The Morgan fingerprint density at radius 2 is 2.21 bits per heavy atom. The van der Waals surface area contributed by atoms with Crippen molar-refractivity contribution in [1.82, 2.24) is 10.3 Å². The molecular formula is C14H15BrN2O2. The summed E-state index contributed by atoms with van der Waals surface area (Å²) in [5.74, 6) is -0.182. The molecule has 1 N–H and O–H groups in total. The van der Waals surface area contributed by atoms with Gasteiger partial charge >= 0.3 is 0 Å². The molecule has 0 aliphatic heterocycles. The van der Waals surface area contributed by atoms with Gasteiger partial charge in [-0.3, -0.25) is 9.78 Å². The van der Waals surface area contributed by atoms with Crippen molar-refractivity contribution in [3.05, 3.63) is 42.2 Å². The van der Waals surface area contributed by atoms with Crippen molar-refractivity contribution in [3.63, 3.8) is 0 Å². The van der Waals surface area contributed by atoms with Crippen LogP contribution in [0.15, 0.2) is 36.5 Å². The maximum absolute atomic E-state index is 12.3. The zero-order chi connectivity index (χ0) is 13.7. The molecule has 0 spiro atoms. The summed E-state index contributed by atoms with van der Waals surface area (Å²) in [6, 6.07) is 9.53. The van der Waals surface area contributed by atoms with Gasteiger partial charge in [0.25, 0.3) is 5.91 Å². The van der Waals surface area contributed by atoms with E-state index in [4.69, 9.17) is 4.74 Å². The van der Waals surface area contributed by atoms with Crippen LogP contribution in [0.1, 0.15) is 10.5 Å². The van der Waals surface area contributed by atoms with E-state index in [9.17, 15) is 4.79 Å². The molecule has 0 radical (unpaired) electrons. The molecule has 1 unspecified atom stereocenters. The summed E-state index contributed by atoms with van der Waals surface area (Å²) < 4.78 is 5.05. The first-order valence-electron chi connectivity index (χ1n) is 5.95. The quantitative estimate of drug-likeness (QED) is 0.860. The van der Waals surface area contributed by atoms with Crippen LogP contribution in [-0.4, -0.2) is 36.0 Å². The second-order valence-corrected chi connectivity index (χ2v) is 4.81. The summed E-state index contributed by atoms with van der Waals surface area (Å²) in [6.07, 6.45) is 1.65. The minimum Gasteiger partial charge on any atom is -0.383 e. The van der Waals surface area contributed by atoms with Crippen LogP contribution >= 0.6 is 15.9 Å². The highest BCUT2D eigenvalue weighted by molar-refractivity contribution is 9.09. The van der Waals surface area contributed by atoms with Crippen LogP contribution in [0.3, 0.4) is 0 Å². The lowest BCUT2D eigenvalue weighted by Crippen LogP contribution is -2.39. The van der Waals surface area contributed by atoms with Gasteiger partial charge in [0.2, 0.25) is 0 Å². The standard InChI is InChI=1S/C14H15BrN2O2/c1-19-9-11(8-15)17-14(18)13-12-5-3-2-4-10(12)6-7-16-13/h2-7,11H,8-9H2,1H3,(H,17,18). The zero-order valence-corrected chi connectivity index (χ0v) is 12.2. The largest absolute Gasteiger partial charge is 0.383 e. The number of nitrogens with one attached hydrogen (secondary N) is 1. The molecule has 1 amide bonds. The van der Waals surface area contributed by atoms with E-state index in [-0.39, 0.29) is 11.9 Å². The Hall–Kier alpha value is -1.46. The molecule has 4 nitrogen and oxygen atoms in total. The second kappa shape index (κ2) is 6.63. The Morgan fingerprint density at radius 3 is 2.95 bits per heavy atom. The maximum Gasteiger partial charge on any atom is 0.270 e. The topological polar surface area (TPSA) is 51.2 Å². The van der Waals surface area contributed by atoms with Crippen LogP contribution in [0, 0.1) is 0 Å². The molecule has 0 bridgehead atoms. The molecule has 0 fully saturated rings. The van der Waals surface area contributed by atoms with E-state index < -0.39 is 0 Å². The monoisotopic (exact) mass is 322 g/mol. The van der Waals surface area contributed by atoms with Gasteiger partial charge in [-0.1, -0.05) is 40.2 Å². The summed E-state index contributed by atoms with van der Waals surface area (Å²) >= 11 is 3.35. The Labute approximate surface area is 120 Å². The fourth-order valence-electron chi connectivity index (χ4n) is 1.88. The average molecular weight is 323 g/mol. The predicted molar refractivity (Wildman–Crippen MR) is 78.7 cm³/mol. The fraction of sp³-hybridized carbons (Fsp3) is 0.286. The number of halogens is 1. The lowest BCUT2D eigenvalue weighted by molar-refractivity contribution is 0.0905. The molecule has 5 heteroatoms. The Bertz CT molecular complexity index is 569. The van der Waals surface area contributed by atoms with Crippen LogP contribution in [0.5, 0.6) is 0 Å². The normalized spacial score (nSPS) is 12.3. The molecule has 0 saturated carbocycles.